The molecule has 0 fully saturated rings. The second-order valence-electron chi connectivity index (χ2n) is 5.24. The van der Waals surface area contributed by atoms with Crippen molar-refractivity contribution in [3.8, 4) is 0 Å². The van der Waals surface area contributed by atoms with E-state index in [1.807, 2.05) is 20.8 Å². The van der Waals surface area contributed by atoms with E-state index in [1.54, 1.807) is 17.5 Å². The van der Waals surface area contributed by atoms with Crippen molar-refractivity contribution in [2.75, 3.05) is 13.1 Å². The number of carbonyl (C=O) groups is 3. The first-order valence-electron chi connectivity index (χ1n) is 7.34. The van der Waals surface area contributed by atoms with E-state index in [1.165, 1.54) is 11.3 Å². The quantitative estimate of drug-likeness (QED) is 0.670. The maximum absolute atomic E-state index is 12.2. The van der Waals surface area contributed by atoms with Gasteiger partial charge in [0.15, 0.2) is 0 Å². The first kappa shape index (κ1) is 18.2. The summed E-state index contributed by atoms with van der Waals surface area (Å²) in [7, 11) is 0. The minimum absolute atomic E-state index is 0.0809. The second kappa shape index (κ2) is 9.19. The Balaban J connectivity index is 2.53. The summed E-state index contributed by atoms with van der Waals surface area (Å²) in [5, 5.41) is 9.76. The van der Waals surface area contributed by atoms with E-state index in [4.69, 9.17) is 0 Å². The van der Waals surface area contributed by atoms with E-state index >= 15 is 0 Å². The van der Waals surface area contributed by atoms with Gasteiger partial charge in [-0.2, -0.15) is 0 Å². The van der Waals surface area contributed by atoms with Gasteiger partial charge in [0, 0.05) is 6.54 Å². The van der Waals surface area contributed by atoms with Crippen LogP contribution in [0.3, 0.4) is 0 Å². The number of rotatable bonds is 8. The zero-order valence-electron chi connectivity index (χ0n) is 13.1. The van der Waals surface area contributed by atoms with Gasteiger partial charge in [-0.05, 0) is 23.8 Å². The summed E-state index contributed by atoms with van der Waals surface area (Å²) in [5.74, 6) is -0.948. The molecule has 3 N–H and O–H groups in total. The summed E-state index contributed by atoms with van der Waals surface area (Å²) >= 11 is 1.32. The van der Waals surface area contributed by atoms with Crippen LogP contribution in [-0.4, -0.2) is 36.9 Å². The van der Waals surface area contributed by atoms with E-state index < -0.39 is 6.04 Å². The van der Waals surface area contributed by atoms with Gasteiger partial charge in [-0.15, -0.1) is 11.3 Å². The van der Waals surface area contributed by atoms with E-state index in [-0.39, 0.29) is 30.2 Å². The van der Waals surface area contributed by atoms with Crippen LogP contribution in [0.25, 0.3) is 0 Å². The summed E-state index contributed by atoms with van der Waals surface area (Å²) in [6.45, 7) is 6.13. The van der Waals surface area contributed by atoms with E-state index in [0.717, 1.165) is 6.42 Å². The lowest BCUT2D eigenvalue weighted by Crippen LogP contribution is -2.51. The fourth-order valence-electron chi connectivity index (χ4n) is 1.76. The molecule has 0 saturated carbocycles. The molecule has 0 radical (unpaired) electrons. The average Bonchev–Trinajstić information content (AvgIpc) is 3.01. The Bertz CT molecular complexity index is 500. The standard InChI is InChI=1S/C15H23N3O3S/c1-4-7-16-12(19)9-17-15(21)13(10(2)3)18-14(20)11-6-5-8-22-11/h5-6,8,10,13H,4,7,9H2,1-3H3,(H,16,19)(H,17,21)(H,18,20). The van der Waals surface area contributed by atoms with Gasteiger partial charge in [0.05, 0.1) is 11.4 Å². The molecule has 7 heteroatoms. The van der Waals surface area contributed by atoms with Crippen LogP contribution in [0.1, 0.15) is 36.9 Å². The van der Waals surface area contributed by atoms with Crippen LogP contribution < -0.4 is 16.0 Å². The van der Waals surface area contributed by atoms with Crippen molar-refractivity contribution in [2.24, 2.45) is 5.92 Å². The monoisotopic (exact) mass is 325 g/mol. The predicted octanol–water partition coefficient (Wildman–Crippen LogP) is 1.14. The summed E-state index contributed by atoms with van der Waals surface area (Å²) in [6, 6.07) is 2.81. The predicted molar refractivity (Wildman–Crippen MR) is 86.7 cm³/mol. The zero-order chi connectivity index (χ0) is 16.5. The second-order valence-corrected chi connectivity index (χ2v) is 6.19. The van der Waals surface area contributed by atoms with Crippen LogP contribution in [0, 0.1) is 5.92 Å². The summed E-state index contributed by atoms with van der Waals surface area (Å²) < 4.78 is 0. The van der Waals surface area contributed by atoms with Crippen molar-refractivity contribution < 1.29 is 14.4 Å². The van der Waals surface area contributed by atoms with Gasteiger partial charge >= 0.3 is 0 Å². The fraction of sp³-hybridized carbons (Fsp3) is 0.533. The third kappa shape index (κ3) is 5.85. The third-order valence-corrected chi connectivity index (χ3v) is 3.84. The first-order valence-corrected chi connectivity index (χ1v) is 8.22. The summed E-state index contributed by atoms with van der Waals surface area (Å²) in [5.41, 5.74) is 0. The Morgan fingerprint density at radius 1 is 1.23 bits per heavy atom. The van der Waals surface area contributed by atoms with Crippen LogP contribution in [0.4, 0.5) is 0 Å². The van der Waals surface area contributed by atoms with Gasteiger partial charge < -0.3 is 16.0 Å². The molecule has 0 aliphatic heterocycles. The molecule has 0 saturated heterocycles. The van der Waals surface area contributed by atoms with Gasteiger partial charge in [-0.25, -0.2) is 0 Å². The van der Waals surface area contributed by atoms with Crippen molar-refractivity contribution in [1.82, 2.24) is 16.0 Å². The van der Waals surface area contributed by atoms with Crippen LogP contribution in [0.5, 0.6) is 0 Å². The lowest BCUT2D eigenvalue weighted by molar-refractivity contribution is -0.127. The molecule has 1 atom stereocenters. The van der Waals surface area contributed by atoms with Crippen molar-refractivity contribution in [1.29, 1.82) is 0 Å². The molecule has 0 aliphatic carbocycles. The van der Waals surface area contributed by atoms with Gasteiger partial charge in [-0.1, -0.05) is 26.8 Å². The van der Waals surface area contributed by atoms with E-state index in [2.05, 4.69) is 16.0 Å². The summed E-state index contributed by atoms with van der Waals surface area (Å²) in [4.78, 5) is 36.3. The van der Waals surface area contributed by atoms with Crippen LogP contribution in [0.2, 0.25) is 0 Å². The molecule has 1 unspecified atom stereocenters. The maximum Gasteiger partial charge on any atom is 0.262 e. The highest BCUT2D eigenvalue weighted by molar-refractivity contribution is 7.12. The van der Waals surface area contributed by atoms with Crippen molar-refractivity contribution in [2.45, 2.75) is 33.2 Å². The molecule has 0 aliphatic rings. The number of nitrogens with one attached hydrogen (secondary N) is 3. The first-order chi connectivity index (χ1) is 10.5. The molecular weight excluding hydrogens is 302 g/mol. The molecule has 1 heterocycles. The SMILES string of the molecule is CCCNC(=O)CNC(=O)C(NC(=O)c1cccs1)C(C)C. The Labute approximate surface area is 134 Å². The van der Waals surface area contributed by atoms with Gasteiger partial charge in [0.1, 0.15) is 6.04 Å². The molecule has 3 amide bonds. The summed E-state index contributed by atoms with van der Waals surface area (Å²) in [6.07, 6.45) is 0.838. The number of thiophene rings is 1. The number of hydrogen-bond acceptors (Lipinski definition) is 4. The number of amides is 3. The largest absolute Gasteiger partial charge is 0.355 e. The molecule has 22 heavy (non-hydrogen) atoms. The van der Waals surface area contributed by atoms with Crippen LogP contribution in [-0.2, 0) is 9.59 Å². The lowest BCUT2D eigenvalue weighted by Gasteiger charge is -2.21. The molecule has 0 aromatic carbocycles. The normalized spacial score (nSPS) is 11.8. The number of hydrogen-bond donors (Lipinski definition) is 3. The van der Waals surface area contributed by atoms with Gasteiger partial charge in [0.2, 0.25) is 11.8 Å². The molecule has 0 spiro atoms. The smallest absolute Gasteiger partial charge is 0.262 e. The van der Waals surface area contributed by atoms with Crippen LogP contribution >= 0.6 is 11.3 Å². The topological polar surface area (TPSA) is 87.3 Å². The molecule has 6 nitrogen and oxygen atoms in total. The fourth-order valence-corrected chi connectivity index (χ4v) is 2.39. The highest BCUT2D eigenvalue weighted by atomic mass is 32.1. The molecular formula is C15H23N3O3S. The van der Waals surface area contributed by atoms with E-state index in [0.29, 0.717) is 11.4 Å². The highest BCUT2D eigenvalue weighted by Crippen LogP contribution is 2.10. The maximum atomic E-state index is 12.2. The van der Waals surface area contributed by atoms with Crippen LogP contribution in [0.15, 0.2) is 17.5 Å². The van der Waals surface area contributed by atoms with Crippen molar-refractivity contribution >= 4 is 29.1 Å². The highest BCUT2D eigenvalue weighted by Gasteiger charge is 2.25. The van der Waals surface area contributed by atoms with E-state index in [9.17, 15) is 14.4 Å². The number of carbonyl (C=O) groups excluding carboxylic acids is 3. The molecule has 1 aromatic rings. The Hall–Kier alpha value is -1.89. The molecule has 1 aromatic heterocycles. The minimum atomic E-state index is -0.673. The third-order valence-electron chi connectivity index (χ3n) is 2.98. The Morgan fingerprint density at radius 2 is 1.95 bits per heavy atom. The van der Waals surface area contributed by atoms with Crippen molar-refractivity contribution in [3.05, 3.63) is 22.4 Å². The minimum Gasteiger partial charge on any atom is -0.355 e. The van der Waals surface area contributed by atoms with Gasteiger partial charge in [0.25, 0.3) is 5.91 Å². The Kier molecular flexibility index (Phi) is 7.59. The average molecular weight is 325 g/mol. The zero-order valence-corrected chi connectivity index (χ0v) is 14.0. The Morgan fingerprint density at radius 3 is 2.50 bits per heavy atom. The molecule has 1 rings (SSSR count). The lowest BCUT2D eigenvalue weighted by atomic mass is 10.0. The molecule has 122 valence electrons. The molecule has 0 bridgehead atoms. The van der Waals surface area contributed by atoms with Crippen molar-refractivity contribution in [3.63, 3.8) is 0 Å². The van der Waals surface area contributed by atoms with Gasteiger partial charge in [-0.3, -0.25) is 14.4 Å².